The molecular weight excluding hydrogens is 415 g/mol. The van der Waals surface area contributed by atoms with E-state index in [2.05, 4.69) is 0 Å². The quantitative estimate of drug-likeness (QED) is 0.600. The Morgan fingerprint density at radius 2 is 1.70 bits per heavy atom. The molecule has 1 aliphatic heterocycles. The van der Waals surface area contributed by atoms with Gasteiger partial charge in [-0.1, -0.05) is 66.2 Å². The van der Waals surface area contributed by atoms with Gasteiger partial charge in [0.1, 0.15) is 5.82 Å². The van der Waals surface area contributed by atoms with Gasteiger partial charge in [0.05, 0.1) is 11.8 Å². The average Bonchev–Trinajstić information content (AvgIpc) is 2.80. The van der Waals surface area contributed by atoms with Crippen molar-refractivity contribution in [1.82, 2.24) is 4.90 Å². The summed E-state index contributed by atoms with van der Waals surface area (Å²) in [5.74, 6) is -0.575. The van der Waals surface area contributed by atoms with E-state index in [4.69, 9.17) is 5.73 Å². The van der Waals surface area contributed by atoms with Crippen molar-refractivity contribution in [2.45, 2.75) is 32.6 Å². The van der Waals surface area contributed by atoms with Crippen LogP contribution in [0.25, 0.3) is 11.1 Å². The Labute approximate surface area is 194 Å². The number of nitrogens with zero attached hydrogens (tertiary/aromatic N) is 1. The number of hydrogen-bond donors (Lipinski definition) is 1. The first kappa shape index (κ1) is 22.7. The first-order valence-electron chi connectivity index (χ1n) is 11.3. The number of likely N-dealkylation sites (tertiary alicyclic amines) is 1. The SMILES string of the molecule is Cc1cccc(CC(=O)N2CCC(Cc3ccccc3-c3cccc(F)c3)(C(N)=O)CC2)c1. The minimum Gasteiger partial charge on any atom is -0.369 e. The van der Waals surface area contributed by atoms with E-state index in [9.17, 15) is 14.0 Å². The van der Waals surface area contributed by atoms with Crippen LogP contribution in [0, 0.1) is 18.2 Å². The third-order valence-electron chi connectivity index (χ3n) is 6.72. The number of amides is 2. The van der Waals surface area contributed by atoms with Crippen molar-refractivity contribution in [1.29, 1.82) is 0 Å². The van der Waals surface area contributed by atoms with Crippen LogP contribution in [-0.4, -0.2) is 29.8 Å². The second-order valence-electron chi connectivity index (χ2n) is 9.04. The summed E-state index contributed by atoms with van der Waals surface area (Å²) >= 11 is 0. The van der Waals surface area contributed by atoms with Crippen LogP contribution >= 0.6 is 0 Å². The molecule has 3 aromatic rings. The maximum absolute atomic E-state index is 13.8. The molecule has 4 nitrogen and oxygen atoms in total. The maximum Gasteiger partial charge on any atom is 0.226 e. The second-order valence-corrected chi connectivity index (χ2v) is 9.04. The van der Waals surface area contributed by atoms with Crippen LogP contribution in [0.1, 0.15) is 29.5 Å². The number of primary amides is 1. The van der Waals surface area contributed by atoms with Gasteiger partial charge in [-0.05, 0) is 60.6 Å². The summed E-state index contributed by atoms with van der Waals surface area (Å²) in [6.07, 6.45) is 1.85. The lowest BCUT2D eigenvalue weighted by molar-refractivity contribution is -0.138. The Morgan fingerprint density at radius 3 is 2.39 bits per heavy atom. The van der Waals surface area contributed by atoms with E-state index in [1.807, 2.05) is 66.4 Å². The van der Waals surface area contributed by atoms with Crippen LogP contribution in [0.5, 0.6) is 0 Å². The van der Waals surface area contributed by atoms with Gasteiger partial charge in [0.2, 0.25) is 11.8 Å². The van der Waals surface area contributed by atoms with E-state index in [1.165, 1.54) is 12.1 Å². The number of rotatable bonds is 6. The maximum atomic E-state index is 13.8. The molecule has 5 heteroatoms. The molecule has 0 saturated carbocycles. The Hall–Kier alpha value is -3.47. The highest BCUT2D eigenvalue weighted by atomic mass is 19.1. The van der Waals surface area contributed by atoms with E-state index >= 15 is 0 Å². The number of aryl methyl sites for hydroxylation is 1. The Balaban J connectivity index is 1.50. The Bertz CT molecular complexity index is 1170. The molecular formula is C28H29FN2O2. The highest BCUT2D eigenvalue weighted by molar-refractivity contribution is 5.83. The van der Waals surface area contributed by atoms with E-state index < -0.39 is 5.41 Å². The molecule has 0 unspecified atom stereocenters. The van der Waals surface area contributed by atoms with Gasteiger partial charge in [0, 0.05) is 13.1 Å². The van der Waals surface area contributed by atoms with Crippen molar-refractivity contribution in [3.8, 4) is 11.1 Å². The van der Waals surface area contributed by atoms with Crippen molar-refractivity contribution >= 4 is 11.8 Å². The van der Waals surface area contributed by atoms with Crippen LogP contribution in [0.15, 0.2) is 72.8 Å². The summed E-state index contributed by atoms with van der Waals surface area (Å²) in [5, 5.41) is 0. The monoisotopic (exact) mass is 444 g/mol. The summed E-state index contributed by atoms with van der Waals surface area (Å²) < 4.78 is 13.8. The first-order valence-corrected chi connectivity index (χ1v) is 11.3. The molecule has 2 N–H and O–H groups in total. The smallest absolute Gasteiger partial charge is 0.226 e. The molecule has 0 atom stereocenters. The number of halogens is 1. The van der Waals surface area contributed by atoms with Crippen LogP contribution < -0.4 is 5.73 Å². The molecule has 3 aromatic carbocycles. The van der Waals surface area contributed by atoms with Crippen LogP contribution in [0.4, 0.5) is 4.39 Å². The molecule has 1 aliphatic rings. The predicted molar refractivity (Wildman–Crippen MR) is 128 cm³/mol. The number of benzene rings is 3. The van der Waals surface area contributed by atoms with Crippen LogP contribution in [-0.2, 0) is 22.4 Å². The Kier molecular flexibility index (Phi) is 6.59. The fourth-order valence-corrected chi connectivity index (χ4v) is 4.78. The largest absolute Gasteiger partial charge is 0.369 e. The molecule has 0 radical (unpaired) electrons. The summed E-state index contributed by atoms with van der Waals surface area (Å²) in [6, 6.07) is 22.2. The molecule has 1 fully saturated rings. The lowest BCUT2D eigenvalue weighted by Crippen LogP contribution is -2.50. The molecule has 4 rings (SSSR count). The molecule has 0 spiro atoms. The van der Waals surface area contributed by atoms with Crippen molar-refractivity contribution in [2.24, 2.45) is 11.1 Å². The second kappa shape index (κ2) is 9.57. The molecule has 0 bridgehead atoms. The summed E-state index contributed by atoms with van der Waals surface area (Å²) in [6.45, 7) is 3.00. The number of nitrogens with two attached hydrogens (primary N) is 1. The Morgan fingerprint density at radius 1 is 0.970 bits per heavy atom. The molecule has 1 heterocycles. The molecule has 1 saturated heterocycles. The fraction of sp³-hybridized carbons (Fsp3) is 0.286. The lowest BCUT2D eigenvalue weighted by atomic mass is 9.72. The van der Waals surface area contributed by atoms with E-state index in [1.54, 1.807) is 6.07 Å². The van der Waals surface area contributed by atoms with Crippen LogP contribution in [0.3, 0.4) is 0 Å². The van der Waals surface area contributed by atoms with Gasteiger partial charge in [-0.15, -0.1) is 0 Å². The average molecular weight is 445 g/mol. The zero-order chi connectivity index (χ0) is 23.4. The predicted octanol–water partition coefficient (Wildman–Crippen LogP) is 4.68. The number of hydrogen-bond acceptors (Lipinski definition) is 2. The van der Waals surface area contributed by atoms with Gasteiger partial charge >= 0.3 is 0 Å². The molecule has 0 aromatic heterocycles. The van der Waals surface area contributed by atoms with Crippen molar-refractivity contribution < 1.29 is 14.0 Å². The van der Waals surface area contributed by atoms with Gasteiger partial charge in [0.25, 0.3) is 0 Å². The van der Waals surface area contributed by atoms with Crippen molar-refractivity contribution in [3.05, 3.63) is 95.3 Å². The third-order valence-corrected chi connectivity index (χ3v) is 6.72. The van der Waals surface area contributed by atoms with E-state index in [0.29, 0.717) is 38.8 Å². The lowest BCUT2D eigenvalue weighted by Gasteiger charge is -2.40. The van der Waals surface area contributed by atoms with Crippen molar-refractivity contribution in [3.63, 3.8) is 0 Å². The van der Waals surface area contributed by atoms with Gasteiger partial charge in [-0.25, -0.2) is 4.39 Å². The minimum absolute atomic E-state index is 0.0684. The zero-order valence-electron chi connectivity index (χ0n) is 18.9. The molecule has 0 aliphatic carbocycles. The topological polar surface area (TPSA) is 63.4 Å². The zero-order valence-corrected chi connectivity index (χ0v) is 18.9. The fourth-order valence-electron chi connectivity index (χ4n) is 4.78. The summed E-state index contributed by atoms with van der Waals surface area (Å²) in [4.78, 5) is 27.3. The van der Waals surface area contributed by atoms with Crippen LogP contribution in [0.2, 0.25) is 0 Å². The normalized spacial score (nSPS) is 15.3. The molecule has 33 heavy (non-hydrogen) atoms. The number of carbonyl (C=O) groups is 2. The van der Waals surface area contributed by atoms with Gasteiger partial charge in [-0.2, -0.15) is 0 Å². The summed E-state index contributed by atoms with van der Waals surface area (Å²) in [5.41, 5.74) is 9.95. The molecule has 170 valence electrons. The van der Waals surface area contributed by atoms with Gasteiger partial charge in [0.15, 0.2) is 0 Å². The number of carbonyl (C=O) groups excluding carboxylic acids is 2. The highest BCUT2D eigenvalue weighted by Crippen LogP contribution is 2.38. The first-order chi connectivity index (χ1) is 15.9. The number of piperidine rings is 1. The third kappa shape index (κ3) is 5.14. The highest BCUT2D eigenvalue weighted by Gasteiger charge is 2.41. The van der Waals surface area contributed by atoms with E-state index in [0.717, 1.165) is 27.8 Å². The standard InChI is InChI=1S/C28H29FN2O2/c1-20-6-4-7-21(16-20)17-26(32)31-14-12-28(13-15-31,27(30)33)19-23-8-2-3-11-25(23)22-9-5-10-24(29)18-22/h2-11,16,18H,12-15,17,19H2,1H3,(H2,30,33). The minimum atomic E-state index is -0.733. The summed E-state index contributed by atoms with van der Waals surface area (Å²) in [7, 11) is 0. The van der Waals surface area contributed by atoms with Gasteiger partial charge in [-0.3, -0.25) is 9.59 Å². The van der Waals surface area contributed by atoms with Crippen molar-refractivity contribution in [2.75, 3.05) is 13.1 Å². The molecule has 2 amide bonds. The van der Waals surface area contributed by atoms with E-state index in [-0.39, 0.29) is 17.6 Å². The van der Waals surface area contributed by atoms with Gasteiger partial charge < -0.3 is 10.6 Å².